The maximum atomic E-state index is 12.2. The summed E-state index contributed by atoms with van der Waals surface area (Å²) < 4.78 is 3.89. The fraction of sp³-hybridized carbons (Fsp3) is 0.600. The molecule has 0 N–H and O–H groups in total. The average molecular weight is 425 g/mol. The molecule has 0 spiro atoms. The van der Waals surface area contributed by atoms with E-state index in [4.69, 9.17) is 0 Å². The Labute approximate surface area is 185 Å². The third kappa shape index (κ3) is 5.36. The summed E-state index contributed by atoms with van der Waals surface area (Å²) in [6.07, 6.45) is 4.78. The van der Waals surface area contributed by atoms with Crippen LogP contribution >= 0.6 is 0 Å². The molecule has 0 amide bonds. The van der Waals surface area contributed by atoms with Gasteiger partial charge >= 0.3 is 0 Å². The monoisotopic (exact) mass is 424 g/mol. The van der Waals surface area contributed by atoms with Gasteiger partial charge < -0.3 is 14.0 Å². The van der Waals surface area contributed by atoms with Gasteiger partial charge in [0, 0.05) is 62.2 Å². The van der Waals surface area contributed by atoms with E-state index in [-0.39, 0.29) is 11.1 Å². The zero-order chi connectivity index (χ0) is 21.8. The van der Waals surface area contributed by atoms with Gasteiger partial charge in [0.05, 0.1) is 0 Å². The molecule has 4 heterocycles. The second-order valence-electron chi connectivity index (χ2n) is 9.54. The van der Waals surface area contributed by atoms with E-state index in [1.165, 1.54) is 25.0 Å². The summed E-state index contributed by atoms with van der Waals surface area (Å²) in [7, 11) is 2.21. The first-order valence-electron chi connectivity index (χ1n) is 11.8. The molecule has 0 fully saturated rings. The van der Waals surface area contributed by atoms with Gasteiger partial charge in [0.15, 0.2) is 0 Å². The molecule has 0 radical (unpaired) electrons. The minimum atomic E-state index is 0.125. The molecule has 168 valence electrons. The van der Waals surface area contributed by atoms with Crippen LogP contribution < -0.4 is 11.1 Å². The zero-order valence-corrected chi connectivity index (χ0v) is 19.0. The lowest BCUT2D eigenvalue weighted by Crippen LogP contribution is -2.39. The molecule has 2 aliphatic rings. The van der Waals surface area contributed by atoms with Gasteiger partial charge in [0.1, 0.15) is 0 Å². The third-order valence-electron chi connectivity index (χ3n) is 6.89. The van der Waals surface area contributed by atoms with Crippen LogP contribution in [0.4, 0.5) is 0 Å². The van der Waals surface area contributed by atoms with Crippen molar-refractivity contribution in [1.82, 2.24) is 18.9 Å². The highest BCUT2D eigenvalue weighted by atomic mass is 16.1. The maximum Gasteiger partial charge on any atom is 0.250 e. The lowest BCUT2D eigenvalue weighted by atomic mass is 9.88. The van der Waals surface area contributed by atoms with Crippen molar-refractivity contribution in [3.63, 3.8) is 0 Å². The van der Waals surface area contributed by atoms with Gasteiger partial charge in [-0.15, -0.1) is 0 Å². The Morgan fingerprint density at radius 2 is 1.74 bits per heavy atom. The first-order valence-corrected chi connectivity index (χ1v) is 11.8. The van der Waals surface area contributed by atoms with Crippen LogP contribution in [-0.2, 0) is 19.6 Å². The number of likely N-dealkylation sites (N-methyl/N-ethyl adjacent to an activating group) is 1. The SMILES string of the molecule is C[C@@H]1C[C@H](CN(C)CCCCCN2CCn3c(cccc3=O)C2)c2cccc(=O)n2C1. The molecule has 2 aromatic heterocycles. The predicted octanol–water partition coefficient (Wildman–Crippen LogP) is 2.75. The summed E-state index contributed by atoms with van der Waals surface area (Å²) in [6, 6.07) is 11.3. The van der Waals surface area contributed by atoms with Gasteiger partial charge in [-0.25, -0.2) is 0 Å². The Kier molecular flexibility index (Phi) is 7.08. The van der Waals surface area contributed by atoms with Crippen LogP contribution in [0.25, 0.3) is 0 Å². The molecule has 0 saturated carbocycles. The van der Waals surface area contributed by atoms with E-state index >= 15 is 0 Å². The van der Waals surface area contributed by atoms with Crippen molar-refractivity contribution in [3.8, 4) is 0 Å². The second-order valence-corrected chi connectivity index (χ2v) is 9.54. The van der Waals surface area contributed by atoms with Crippen LogP contribution in [-0.4, -0.2) is 52.2 Å². The number of hydrogen-bond donors (Lipinski definition) is 0. The fourth-order valence-corrected chi connectivity index (χ4v) is 5.31. The van der Waals surface area contributed by atoms with E-state index in [0.29, 0.717) is 11.8 Å². The standard InChI is InChI=1S/C25H36N4O2/c1-20-16-21(23-9-7-11-25(31)29(23)17-20)18-26(2)12-4-3-5-13-27-14-15-28-22(19-27)8-6-10-24(28)30/h6-11,20-21H,3-5,12-19H2,1-2H3/t20-,21-/m1/s1. The van der Waals surface area contributed by atoms with Gasteiger partial charge in [-0.1, -0.05) is 25.5 Å². The quantitative estimate of drug-likeness (QED) is 0.612. The van der Waals surface area contributed by atoms with Crippen LogP contribution in [0.3, 0.4) is 0 Å². The van der Waals surface area contributed by atoms with Crippen molar-refractivity contribution < 1.29 is 0 Å². The van der Waals surface area contributed by atoms with Gasteiger partial charge in [0.25, 0.3) is 11.1 Å². The molecule has 2 aliphatic heterocycles. The maximum absolute atomic E-state index is 12.2. The Morgan fingerprint density at radius 1 is 0.968 bits per heavy atom. The molecule has 6 heteroatoms. The highest BCUT2D eigenvalue weighted by Crippen LogP contribution is 2.29. The van der Waals surface area contributed by atoms with Crippen molar-refractivity contribution in [2.75, 3.05) is 33.2 Å². The molecule has 2 atom stereocenters. The van der Waals surface area contributed by atoms with Crippen LogP contribution in [0.5, 0.6) is 0 Å². The molecule has 31 heavy (non-hydrogen) atoms. The van der Waals surface area contributed by atoms with Crippen LogP contribution in [0.1, 0.15) is 49.9 Å². The zero-order valence-electron chi connectivity index (χ0n) is 19.0. The number of pyridine rings is 2. The Balaban J connectivity index is 1.19. The van der Waals surface area contributed by atoms with Crippen LogP contribution in [0, 0.1) is 5.92 Å². The van der Waals surface area contributed by atoms with Crippen LogP contribution in [0.2, 0.25) is 0 Å². The summed E-state index contributed by atoms with van der Waals surface area (Å²) in [5, 5.41) is 0. The van der Waals surface area contributed by atoms with Gasteiger partial charge in [-0.05, 0) is 57.5 Å². The Hall–Kier alpha value is -2.18. The van der Waals surface area contributed by atoms with Crippen molar-refractivity contribution in [2.24, 2.45) is 5.92 Å². The summed E-state index contributed by atoms with van der Waals surface area (Å²) in [4.78, 5) is 29.0. The summed E-state index contributed by atoms with van der Waals surface area (Å²) >= 11 is 0. The fourth-order valence-electron chi connectivity index (χ4n) is 5.31. The van der Waals surface area contributed by atoms with Gasteiger partial charge in [-0.3, -0.25) is 14.5 Å². The van der Waals surface area contributed by atoms with E-state index < -0.39 is 0 Å². The lowest BCUT2D eigenvalue weighted by Gasteiger charge is -2.33. The first-order chi connectivity index (χ1) is 15.0. The van der Waals surface area contributed by atoms with Crippen molar-refractivity contribution in [2.45, 2.75) is 58.2 Å². The molecule has 0 aromatic carbocycles. The van der Waals surface area contributed by atoms with Gasteiger partial charge in [0.2, 0.25) is 0 Å². The normalized spacial score (nSPS) is 21.1. The lowest BCUT2D eigenvalue weighted by molar-refractivity contribution is 0.210. The van der Waals surface area contributed by atoms with E-state index in [1.54, 1.807) is 12.1 Å². The highest BCUT2D eigenvalue weighted by Gasteiger charge is 2.26. The molecule has 4 rings (SSSR count). The van der Waals surface area contributed by atoms with Crippen molar-refractivity contribution in [1.29, 1.82) is 0 Å². The van der Waals surface area contributed by atoms with E-state index in [1.807, 2.05) is 21.3 Å². The number of aromatic nitrogens is 2. The third-order valence-corrected chi connectivity index (χ3v) is 6.89. The Bertz CT molecular complexity index is 996. The molecule has 2 aromatic rings. The smallest absolute Gasteiger partial charge is 0.250 e. The molecule has 0 aliphatic carbocycles. The van der Waals surface area contributed by atoms with Gasteiger partial charge in [-0.2, -0.15) is 0 Å². The van der Waals surface area contributed by atoms with Crippen molar-refractivity contribution in [3.05, 3.63) is 68.5 Å². The topological polar surface area (TPSA) is 50.5 Å². The summed E-state index contributed by atoms with van der Waals surface area (Å²) in [5.41, 5.74) is 2.61. The Morgan fingerprint density at radius 3 is 2.58 bits per heavy atom. The van der Waals surface area contributed by atoms with Crippen LogP contribution in [0.15, 0.2) is 46.0 Å². The molecular formula is C25H36N4O2. The second kappa shape index (κ2) is 9.96. The number of unbranched alkanes of at least 4 members (excludes halogenated alkanes) is 2. The summed E-state index contributed by atoms with van der Waals surface area (Å²) in [6.45, 7) is 8.98. The molecule has 6 nitrogen and oxygen atoms in total. The van der Waals surface area contributed by atoms with E-state index in [9.17, 15) is 9.59 Å². The van der Waals surface area contributed by atoms with E-state index in [0.717, 1.165) is 57.9 Å². The average Bonchev–Trinajstić information content (AvgIpc) is 2.74. The number of fused-ring (bicyclic) bond motifs is 2. The molecule has 0 bridgehead atoms. The number of rotatable bonds is 8. The number of nitrogens with zero attached hydrogens (tertiary/aromatic N) is 4. The minimum Gasteiger partial charge on any atom is -0.312 e. The minimum absolute atomic E-state index is 0.125. The summed E-state index contributed by atoms with van der Waals surface area (Å²) in [5.74, 6) is 0.996. The molecular weight excluding hydrogens is 388 g/mol. The predicted molar refractivity (Wildman–Crippen MR) is 125 cm³/mol. The highest BCUT2D eigenvalue weighted by molar-refractivity contribution is 5.15. The number of hydrogen-bond acceptors (Lipinski definition) is 4. The molecule has 0 unspecified atom stereocenters. The first kappa shape index (κ1) is 22.0. The van der Waals surface area contributed by atoms with E-state index in [2.05, 4.69) is 35.9 Å². The molecule has 0 saturated heterocycles. The van der Waals surface area contributed by atoms with Crippen molar-refractivity contribution >= 4 is 0 Å². The largest absolute Gasteiger partial charge is 0.312 e.